The number of fused-ring (bicyclic) bond motifs is 1. The molecule has 0 unspecified atom stereocenters. The highest BCUT2D eigenvalue weighted by molar-refractivity contribution is 5.78. The van der Waals surface area contributed by atoms with E-state index in [0.717, 1.165) is 24.4 Å². The predicted octanol–water partition coefficient (Wildman–Crippen LogP) is 1.52. The van der Waals surface area contributed by atoms with Gasteiger partial charge in [-0.05, 0) is 0 Å². The molecule has 4 nitrogen and oxygen atoms in total. The van der Waals surface area contributed by atoms with E-state index in [2.05, 4.69) is 4.98 Å². The highest BCUT2D eigenvalue weighted by Gasteiger charge is 2.25. The molecule has 0 aromatic carbocycles. The number of carbonyl (C=O) groups excluding carboxylic acids is 1. The Kier molecular flexibility index (Phi) is 2.50. The lowest BCUT2D eigenvalue weighted by Crippen LogP contribution is -2.38. The van der Waals surface area contributed by atoms with Gasteiger partial charge in [-0.1, -0.05) is 13.8 Å². The molecule has 0 radical (unpaired) electrons. The first-order valence-corrected chi connectivity index (χ1v) is 5.32. The first kappa shape index (κ1) is 10.2. The van der Waals surface area contributed by atoms with Crippen LogP contribution in [0.2, 0.25) is 0 Å². The Morgan fingerprint density at radius 3 is 2.93 bits per heavy atom. The van der Waals surface area contributed by atoms with Crippen LogP contribution in [0.4, 0.5) is 0 Å². The van der Waals surface area contributed by atoms with Crippen molar-refractivity contribution in [1.82, 2.24) is 9.88 Å². The Morgan fingerprint density at radius 1 is 1.53 bits per heavy atom. The van der Waals surface area contributed by atoms with E-state index >= 15 is 0 Å². The standard InChI is InChI=1S/C11H16N2O2/c1-7(2)11(14)13-5-4-9-10(6-13)15-8(3)12-9/h7H,4-6H2,1-3H3. The topological polar surface area (TPSA) is 46.3 Å². The molecule has 82 valence electrons. The summed E-state index contributed by atoms with van der Waals surface area (Å²) in [5.41, 5.74) is 1.01. The van der Waals surface area contributed by atoms with Crippen LogP contribution in [-0.4, -0.2) is 22.3 Å². The molecule has 1 aromatic heterocycles. The van der Waals surface area contributed by atoms with Crippen LogP contribution in [0.3, 0.4) is 0 Å². The summed E-state index contributed by atoms with van der Waals surface area (Å²) in [6.45, 7) is 7.02. The summed E-state index contributed by atoms with van der Waals surface area (Å²) in [5, 5.41) is 0. The average molecular weight is 208 g/mol. The zero-order valence-electron chi connectivity index (χ0n) is 9.41. The number of hydrogen-bond donors (Lipinski definition) is 0. The third kappa shape index (κ3) is 1.89. The van der Waals surface area contributed by atoms with E-state index in [-0.39, 0.29) is 11.8 Å². The summed E-state index contributed by atoms with van der Waals surface area (Å²) in [4.78, 5) is 17.9. The van der Waals surface area contributed by atoms with Gasteiger partial charge in [0.2, 0.25) is 5.91 Å². The fourth-order valence-corrected chi connectivity index (χ4v) is 1.88. The van der Waals surface area contributed by atoms with Crippen LogP contribution in [-0.2, 0) is 17.8 Å². The zero-order valence-corrected chi connectivity index (χ0v) is 9.41. The van der Waals surface area contributed by atoms with Gasteiger partial charge in [-0.3, -0.25) is 4.79 Å². The van der Waals surface area contributed by atoms with Crippen LogP contribution >= 0.6 is 0 Å². The van der Waals surface area contributed by atoms with Crippen LogP contribution in [0.15, 0.2) is 4.42 Å². The molecule has 0 spiro atoms. The van der Waals surface area contributed by atoms with Crippen LogP contribution in [0.25, 0.3) is 0 Å². The first-order valence-electron chi connectivity index (χ1n) is 5.32. The van der Waals surface area contributed by atoms with E-state index in [1.54, 1.807) is 0 Å². The minimum Gasteiger partial charge on any atom is -0.444 e. The number of amides is 1. The Balaban J connectivity index is 2.15. The van der Waals surface area contributed by atoms with Crippen molar-refractivity contribution in [3.05, 3.63) is 17.3 Å². The molecule has 0 saturated carbocycles. The molecule has 2 rings (SSSR count). The van der Waals surface area contributed by atoms with Crippen LogP contribution in [0.5, 0.6) is 0 Å². The smallest absolute Gasteiger partial charge is 0.225 e. The fraction of sp³-hybridized carbons (Fsp3) is 0.636. The number of aryl methyl sites for hydroxylation is 1. The summed E-state index contributed by atoms with van der Waals surface area (Å²) >= 11 is 0. The predicted molar refractivity (Wildman–Crippen MR) is 55.2 cm³/mol. The average Bonchev–Trinajstić information content (AvgIpc) is 2.55. The molecule has 0 atom stereocenters. The minimum absolute atomic E-state index is 0.0515. The maximum Gasteiger partial charge on any atom is 0.225 e. The first-order chi connectivity index (χ1) is 7.08. The van der Waals surface area contributed by atoms with Crippen molar-refractivity contribution in [1.29, 1.82) is 0 Å². The molecule has 2 heterocycles. The molecular weight excluding hydrogens is 192 g/mol. The molecule has 0 saturated heterocycles. The maximum absolute atomic E-state index is 11.8. The Morgan fingerprint density at radius 2 is 2.27 bits per heavy atom. The van der Waals surface area contributed by atoms with Gasteiger partial charge >= 0.3 is 0 Å². The maximum atomic E-state index is 11.8. The summed E-state index contributed by atoms with van der Waals surface area (Å²) in [7, 11) is 0. The number of nitrogens with zero attached hydrogens (tertiary/aromatic N) is 2. The lowest BCUT2D eigenvalue weighted by atomic mass is 10.1. The Labute approximate surface area is 89.3 Å². The van der Waals surface area contributed by atoms with Crippen molar-refractivity contribution in [2.45, 2.75) is 33.7 Å². The zero-order chi connectivity index (χ0) is 11.0. The van der Waals surface area contributed by atoms with Gasteiger partial charge in [0.25, 0.3) is 0 Å². The molecule has 0 bridgehead atoms. The molecule has 15 heavy (non-hydrogen) atoms. The molecule has 1 aliphatic heterocycles. The van der Waals surface area contributed by atoms with Crippen LogP contribution < -0.4 is 0 Å². The second-order valence-corrected chi connectivity index (χ2v) is 4.27. The normalized spacial score (nSPS) is 15.6. The van der Waals surface area contributed by atoms with Crippen LogP contribution in [0, 0.1) is 12.8 Å². The van der Waals surface area contributed by atoms with Crippen molar-refractivity contribution < 1.29 is 9.21 Å². The highest BCUT2D eigenvalue weighted by Crippen LogP contribution is 2.20. The number of aromatic nitrogens is 1. The molecule has 1 aromatic rings. The van der Waals surface area contributed by atoms with Gasteiger partial charge < -0.3 is 9.32 Å². The quantitative estimate of drug-likeness (QED) is 0.703. The lowest BCUT2D eigenvalue weighted by Gasteiger charge is -2.26. The van der Waals surface area contributed by atoms with Gasteiger partial charge in [-0.15, -0.1) is 0 Å². The van der Waals surface area contributed by atoms with Crippen molar-refractivity contribution in [2.75, 3.05) is 6.54 Å². The van der Waals surface area contributed by atoms with E-state index in [0.29, 0.717) is 12.4 Å². The third-order valence-electron chi connectivity index (χ3n) is 2.64. The number of oxazole rings is 1. The van der Waals surface area contributed by atoms with Gasteiger partial charge in [-0.25, -0.2) is 4.98 Å². The van der Waals surface area contributed by atoms with Gasteiger partial charge in [0.05, 0.1) is 12.2 Å². The van der Waals surface area contributed by atoms with Crippen molar-refractivity contribution in [2.24, 2.45) is 5.92 Å². The van der Waals surface area contributed by atoms with Crippen molar-refractivity contribution in [3.63, 3.8) is 0 Å². The lowest BCUT2D eigenvalue weighted by molar-refractivity contribution is -0.135. The molecular formula is C11H16N2O2. The molecule has 4 heteroatoms. The minimum atomic E-state index is 0.0515. The molecule has 0 aliphatic carbocycles. The second-order valence-electron chi connectivity index (χ2n) is 4.27. The number of hydrogen-bond acceptors (Lipinski definition) is 3. The van der Waals surface area contributed by atoms with E-state index in [9.17, 15) is 4.79 Å². The van der Waals surface area contributed by atoms with E-state index < -0.39 is 0 Å². The third-order valence-corrected chi connectivity index (χ3v) is 2.64. The largest absolute Gasteiger partial charge is 0.444 e. The Hall–Kier alpha value is -1.32. The fourth-order valence-electron chi connectivity index (χ4n) is 1.88. The van der Waals surface area contributed by atoms with E-state index in [1.807, 2.05) is 25.7 Å². The molecule has 0 N–H and O–H groups in total. The molecule has 0 fully saturated rings. The van der Waals surface area contributed by atoms with Crippen molar-refractivity contribution >= 4 is 5.91 Å². The van der Waals surface area contributed by atoms with Crippen molar-refractivity contribution in [3.8, 4) is 0 Å². The summed E-state index contributed by atoms with van der Waals surface area (Å²) in [5.74, 6) is 1.79. The summed E-state index contributed by atoms with van der Waals surface area (Å²) < 4.78 is 5.46. The highest BCUT2D eigenvalue weighted by atomic mass is 16.4. The van der Waals surface area contributed by atoms with Gasteiger partial charge in [0, 0.05) is 25.8 Å². The van der Waals surface area contributed by atoms with E-state index in [1.165, 1.54) is 0 Å². The SMILES string of the molecule is Cc1nc2c(o1)CN(C(=O)C(C)C)CC2. The van der Waals surface area contributed by atoms with Crippen LogP contribution in [0.1, 0.15) is 31.2 Å². The number of carbonyl (C=O) groups is 1. The molecule has 1 amide bonds. The van der Waals surface area contributed by atoms with Gasteiger partial charge in [0.1, 0.15) is 5.76 Å². The number of rotatable bonds is 1. The Bertz CT molecular complexity index is 382. The monoisotopic (exact) mass is 208 g/mol. The summed E-state index contributed by atoms with van der Waals surface area (Å²) in [6, 6.07) is 0. The molecule has 1 aliphatic rings. The van der Waals surface area contributed by atoms with Gasteiger partial charge in [0.15, 0.2) is 5.89 Å². The van der Waals surface area contributed by atoms with E-state index in [4.69, 9.17) is 4.42 Å². The summed E-state index contributed by atoms with van der Waals surface area (Å²) in [6.07, 6.45) is 0.811. The second kappa shape index (κ2) is 3.68. The van der Waals surface area contributed by atoms with Gasteiger partial charge in [-0.2, -0.15) is 0 Å².